The molecule has 46 heavy (non-hydrogen) atoms. The third-order valence-electron chi connectivity index (χ3n) is 8.01. The van der Waals surface area contributed by atoms with Crippen molar-refractivity contribution in [2.45, 2.75) is 54.1 Å². The summed E-state index contributed by atoms with van der Waals surface area (Å²) in [7, 11) is 0. The van der Waals surface area contributed by atoms with E-state index in [1.165, 1.54) is 16.3 Å². The zero-order chi connectivity index (χ0) is 32.1. The number of benzene rings is 5. The van der Waals surface area contributed by atoms with E-state index in [1.807, 2.05) is 59.4 Å². The first kappa shape index (κ1) is 33.3. The number of fused-ring (bicyclic) bond motifs is 5. The van der Waals surface area contributed by atoms with Crippen molar-refractivity contribution < 1.29 is 0 Å². The summed E-state index contributed by atoms with van der Waals surface area (Å²) in [5.74, 6) is 5.93. The largest absolute Gasteiger partial charge is 0.328 e. The fraction of sp³-hybridized carbons (Fsp3) is 0.190. The van der Waals surface area contributed by atoms with Gasteiger partial charge < -0.3 is 9.13 Å². The van der Waals surface area contributed by atoms with Crippen molar-refractivity contribution in [3.8, 4) is 24.7 Å². The lowest BCUT2D eigenvalue weighted by Gasteiger charge is -2.16. The molecule has 230 valence electrons. The van der Waals surface area contributed by atoms with Crippen LogP contribution in [0, 0.1) is 24.7 Å². The van der Waals surface area contributed by atoms with Crippen LogP contribution in [0.3, 0.4) is 0 Å². The van der Waals surface area contributed by atoms with Crippen LogP contribution in [0.2, 0.25) is 0 Å². The molecular formula is C42H40N2O2. The highest BCUT2D eigenvalue weighted by Crippen LogP contribution is 2.27. The van der Waals surface area contributed by atoms with Gasteiger partial charge in [-0.15, -0.1) is 12.8 Å². The molecule has 4 nitrogen and oxygen atoms in total. The summed E-state index contributed by atoms with van der Waals surface area (Å²) in [4.78, 5) is 26.6. The van der Waals surface area contributed by atoms with E-state index in [1.54, 1.807) is 24.3 Å². The van der Waals surface area contributed by atoms with Crippen molar-refractivity contribution in [2.75, 3.05) is 0 Å². The molecule has 0 aliphatic rings. The molecule has 4 heteroatoms. The first-order chi connectivity index (χ1) is 21.9. The Labute approximate surface area is 270 Å². The molecule has 0 saturated heterocycles. The molecule has 2 heterocycles. The Morgan fingerprint density at radius 3 is 1.43 bits per heavy atom. The second-order valence-corrected chi connectivity index (χ2v) is 10.9. The molecule has 0 atom stereocenters. The number of pyridine rings is 2. The van der Waals surface area contributed by atoms with Gasteiger partial charge in [0.05, 0.1) is 35.2 Å². The van der Waals surface area contributed by atoms with Gasteiger partial charge in [-0.05, 0) is 58.7 Å². The summed E-state index contributed by atoms with van der Waals surface area (Å²) >= 11 is 0. The number of hydrogen-bond donors (Lipinski definition) is 0. The van der Waals surface area contributed by atoms with Crippen LogP contribution < -0.4 is 10.9 Å². The third kappa shape index (κ3) is 5.91. The molecule has 7 aromatic rings. The molecule has 0 amide bonds. The number of para-hydroxylation sites is 2. The zero-order valence-corrected chi connectivity index (χ0v) is 26.2. The Morgan fingerprint density at radius 2 is 0.978 bits per heavy atom. The topological polar surface area (TPSA) is 44.0 Å². The van der Waals surface area contributed by atoms with Crippen LogP contribution in [-0.4, -0.2) is 9.13 Å². The summed E-state index contributed by atoms with van der Waals surface area (Å²) in [6, 6.07) is 33.4. The average molecular weight is 605 g/mol. The second-order valence-electron chi connectivity index (χ2n) is 10.9. The van der Waals surface area contributed by atoms with Gasteiger partial charge in [-0.3, -0.25) is 9.59 Å². The van der Waals surface area contributed by atoms with Crippen molar-refractivity contribution in [2.24, 2.45) is 0 Å². The molecule has 0 bridgehead atoms. The average Bonchev–Trinajstić information content (AvgIpc) is 3.09. The second kappa shape index (κ2) is 14.5. The van der Waals surface area contributed by atoms with Crippen molar-refractivity contribution >= 4 is 54.4 Å². The maximum absolute atomic E-state index is 13.3. The van der Waals surface area contributed by atoms with Gasteiger partial charge in [0, 0.05) is 21.5 Å². The maximum Gasteiger partial charge on any atom is 0.197 e. The van der Waals surface area contributed by atoms with Crippen molar-refractivity contribution in [3.05, 3.63) is 129 Å². The van der Waals surface area contributed by atoms with Gasteiger partial charge in [-0.2, -0.15) is 0 Å². The van der Waals surface area contributed by atoms with E-state index >= 15 is 0 Å². The minimum atomic E-state index is -0.0939. The zero-order valence-electron chi connectivity index (χ0n) is 26.2. The molecule has 0 aliphatic carbocycles. The molecule has 0 unspecified atom stereocenters. The van der Waals surface area contributed by atoms with Gasteiger partial charge >= 0.3 is 0 Å². The van der Waals surface area contributed by atoms with Crippen LogP contribution in [0.5, 0.6) is 0 Å². The minimum Gasteiger partial charge on any atom is -0.328 e. The molecule has 7 rings (SSSR count). The van der Waals surface area contributed by atoms with E-state index in [0.717, 1.165) is 11.0 Å². The van der Waals surface area contributed by atoms with Crippen LogP contribution in [0.4, 0.5) is 0 Å². The van der Waals surface area contributed by atoms with Gasteiger partial charge in [0.25, 0.3) is 0 Å². The summed E-state index contributed by atoms with van der Waals surface area (Å²) in [6.45, 7) is 9.05. The Kier molecular flexibility index (Phi) is 10.5. The molecule has 5 aromatic carbocycles. The van der Waals surface area contributed by atoms with Crippen LogP contribution in [0.25, 0.3) is 54.4 Å². The fourth-order valence-corrected chi connectivity index (χ4v) is 6.02. The molecule has 0 aliphatic heterocycles. The third-order valence-corrected chi connectivity index (χ3v) is 8.01. The van der Waals surface area contributed by atoms with Crippen molar-refractivity contribution in [1.82, 2.24) is 9.13 Å². The quantitative estimate of drug-likeness (QED) is 0.149. The lowest BCUT2D eigenvalue weighted by Crippen LogP contribution is -2.15. The smallest absolute Gasteiger partial charge is 0.197 e. The predicted molar refractivity (Wildman–Crippen MR) is 199 cm³/mol. The number of terminal acetylenes is 2. The number of rotatable bonds is 3. The van der Waals surface area contributed by atoms with Crippen LogP contribution in [-0.2, 0) is 13.1 Å². The van der Waals surface area contributed by atoms with Crippen LogP contribution in [0.1, 0.15) is 46.6 Å². The van der Waals surface area contributed by atoms with Gasteiger partial charge in [-0.25, -0.2) is 0 Å². The van der Waals surface area contributed by atoms with Gasteiger partial charge in [-0.1, -0.05) is 114 Å². The van der Waals surface area contributed by atoms with E-state index in [4.69, 9.17) is 12.8 Å². The summed E-state index contributed by atoms with van der Waals surface area (Å²) in [5, 5.41) is 4.93. The van der Waals surface area contributed by atoms with Crippen LogP contribution in [0.15, 0.2) is 113 Å². The first-order valence-electron chi connectivity index (χ1n) is 15.3. The summed E-state index contributed by atoms with van der Waals surface area (Å²) < 4.78 is 3.82. The SMILES string of the molecule is C.C#CCn1c2ccccc2c(=O)c2cc3c(cc21)c(=O)c1ccccc1n3CC#C.CC.CC(C)c1cccc2ccccc12. The Balaban J connectivity index is 0.000000252. The predicted octanol–water partition coefficient (Wildman–Crippen LogP) is 9.51. The Bertz CT molecular complexity index is 2260. The van der Waals surface area contributed by atoms with E-state index in [0.29, 0.717) is 38.5 Å². The normalized spacial score (nSPS) is 10.5. The highest BCUT2D eigenvalue weighted by Gasteiger charge is 2.16. The van der Waals surface area contributed by atoms with Gasteiger partial charge in [0.15, 0.2) is 10.9 Å². The maximum atomic E-state index is 13.3. The van der Waals surface area contributed by atoms with Gasteiger partial charge in [0.2, 0.25) is 0 Å². The van der Waals surface area contributed by atoms with Crippen LogP contribution >= 0.6 is 0 Å². The molecule has 2 aromatic heterocycles. The molecular weight excluding hydrogens is 564 g/mol. The Hall–Kier alpha value is -5.58. The van der Waals surface area contributed by atoms with Crippen molar-refractivity contribution in [1.29, 1.82) is 0 Å². The first-order valence-corrected chi connectivity index (χ1v) is 15.3. The standard InChI is InChI=1S/C26H16N2O2.C13H14.C2H6.CH4/c1-3-13-27-21-11-7-5-9-17(21)25(29)19-16-24-20(15-23(19)27)26(30)18-10-6-8-12-22(18)28(24)14-4-2;1-10(2)12-9-5-7-11-6-3-4-8-13(11)12;1-2;/h1-2,5-12,15-16H,13-14H2;3-10H,1-2H3;1-2H3;1H4. The molecule has 0 spiro atoms. The number of nitrogens with zero attached hydrogens (tertiary/aromatic N) is 2. The monoisotopic (exact) mass is 604 g/mol. The Morgan fingerprint density at radius 1 is 0.565 bits per heavy atom. The fourth-order valence-electron chi connectivity index (χ4n) is 6.02. The molecule has 0 fully saturated rings. The van der Waals surface area contributed by atoms with E-state index in [2.05, 4.69) is 68.2 Å². The summed E-state index contributed by atoms with van der Waals surface area (Å²) in [6.07, 6.45) is 11.2. The molecule has 0 N–H and O–H groups in total. The molecule has 0 saturated carbocycles. The van der Waals surface area contributed by atoms with E-state index in [-0.39, 0.29) is 31.4 Å². The number of hydrogen-bond acceptors (Lipinski definition) is 2. The van der Waals surface area contributed by atoms with Crippen molar-refractivity contribution in [3.63, 3.8) is 0 Å². The van der Waals surface area contributed by atoms with E-state index in [9.17, 15) is 9.59 Å². The highest BCUT2D eigenvalue weighted by atomic mass is 16.1. The van der Waals surface area contributed by atoms with Gasteiger partial charge in [0.1, 0.15) is 0 Å². The molecule has 0 radical (unpaired) electrons. The lowest BCUT2D eigenvalue weighted by molar-refractivity contribution is 0.876. The highest BCUT2D eigenvalue weighted by molar-refractivity contribution is 6.03. The van der Waals surface area contributed by atoms with E-state index < -0.39 is 0 Å². The minimum absolute atomic E-state index is 0. The number of aromatic nitrogens is 2. The summed E-state index contributed by atoms with van der Waals surface area (Å²) in [5.41, 5.74) is 4.03. The lowest BCUT2D eigenvalue weighted by atomic mass is 9.96.